The third-order valence-electron chi connectivity index (χ3n) is 8.26. The zero-order valence-corrected chi connectivity index (χ0v) is 24.8. The van der Waals surface area contributed by atoms with Gasteiger partial charge in [-0.25, -0.2) is 12.8 Å². The molecular formula is C31H29F7N2O4S. The van der Waals surface area contributed by atoms with Crippen LogP contribution in [0.5, 0.6) is 0 Å². The summed E-state index contributed by atoms with van der Waals surface area (Å²) in [5.41, 5.74) is -1.52. The van der Waals surface area contributed by atoms with Crippen LogP contribution in [0.4, 0.5) is 36.4 Å². The first-order valence-electron chi connectivity index (χ1n) is 14.0. The number of benzene rings is 3. The summed E-state index contributed by atoms with van der Waals surface area (Å²) < 4.78 is 127. The number of halogens is 7. The number of sulfonamides is 1. The van der Waals surface area contributed by atoms with Gasteiger partial charge in [0.2, 0.25) is 15.9 Å². The molecule has 0 aliphatic carbocycles. The van der Waals surface area contributed by atoms with Crippen molar-refractivity contribution in [2.45, 2.75) is 62.2 Å². The van der Waals surface area contributed by atoms with Gasteiger partial charge in [-0.3, -0.25) is 9.52 Å². The summed E-state index contributed by atoms with van der Waals surface area (Å²) in [4.78, 5) is 15.0. The summed E-state index contributed by atoms with van der Waals surface area (Å²) in [5, 5.41) is 0. The molecular weight excluding hydrogens is 629 g/mol. The lowest BCUT2D eigenvalue weighted by atomic mass is 9.79. The molecule has 0 saturated carbocycles. The van der Waals surface area contributed by atoms with E-state index in [1.165, 1.54) is 31.2 Å². The molecule has 0 spiro atoms. The number of fused-ring (bicyclic) bond motifs is 1. The number of carbonyl (C=O) groups excluding carboxylic acids is 1. The van der Waals surface area contributed by atoms with Crippen LogP contribution in [0.25, 0.3) is 0 Å². The fourth-order valence-corrected chi connectivity index (χ4v) is 6.81. The van der Waals surface area contributed by atoms with Crippen LogP contribution in [0, 0.1) is 5.82 Å². The SMILES string of the molecule is CC(O[C@H]1CN2C(=O)CC(c3ccc(NS(C)(=O)=O)cc3)CC2C1c1ccc(F)cc1)c1cc(C(F)(F)F)cc(C(F)(F)F)c1. The van der Waals surface area contributed by atoms with E-state index in [1.54, 1.807) is 29.2 Å². The summed E-state index contributed by atoms with van der Waals surface area (Å²) in [7, 11) is -3.49. The summed E-state index contributed by atoms with van der Waals surface area (Å²) in [6.07, 6.45) is -10.5. The molecule has 4 unspecified atom stereocenters. The van der Waals surface area contributed by atoms with Crippen molar-refractivity contribution in [1.29, 1.82) is 0 Å². The zero-order valence-electron chi connectivity index (χ0n) is 24.0. The number of nitrogens with one attached hydrogen (secondary N) is 1. The second kappa shape index (κ2) is 11.9. The van der Waals surface area contributed by atoms with Crippen molar-refractivity contribution in [3.8, 4) is 0 Å². The maximum atomic E-state index is 13.9. The maximum absolute atomic E-state index is 13.9. The second-order valence-electron chi connectivity index (χ2n) is 11.5. The third kappa shape index (κ3) is 7.43. The van der Waals surface area contributed by atoms with Crippen LogP contribution >= 0.6 is 0 Å². The number of alkyl halides is 6. The third-order valence-corrected chi connectivity index (χ3v) is 8.86. The summed E-state index contributed by atoms with van der Waals surface area (Å²) >= 11 is 0. The molecule has 2 aliphatic rings. The zero-order chi connectivity index (χ0) is 32.9. The smallest absolute Gasteiger partial charge is 0.368 e. The maximum Gasteiger partial charge on any atom is 0.416 e. The lowest BCUT2D eigenvalue weighted by Gasteiger charge is -2.37. The minimum absolute atomic E-state index is 0.0326. The molecule has 242 valence electrons. The summed E-state index contributed by atoms with van der Waals surface area (Å²) in [6.45, 7) is 1.39. The Morgan fingerprint density at radius 1 is 0.889 bits per heavy atom. The Labute approximate surface area is 255 Å². The van der Waals surface area contributed by atoms with Crippen molar-refractivity contribution in [2.24, 2.45) is 0 Å². The van der Waals surface area contributed by atoms with Gasteiger partial charge in [0.1, 0.15) is 5.82 Å². The van der Waals surface area contributed by atoms with Gasteiger partial charge >= 0.3 is 12.4 Å². The van der Waals surface area contributed by atoms with Crippen LogP contribution in [0.1, 0.15) is 65.5 Å². The van der Waals surface area contributed by atoms with E-state index >= 15 is 0 Å². The number of nitrogens with zero attached hydrogens (tertiary/aromatic N) is 1. The molecule has 3 aromatic rings. The van der Waals surface area contributed by atoms with Gasteiger partial charge in [-0.15, -0.1) is 0 Å². The van der Waals surface area contributed by atoms with Gasteiger partial charge < -0.3 is 9.64 Å². The number of hydrogen-bond donors (Lipinski definition) is 1. The number of hydrogen-bond acceptors (Lipinski definition) is 4. The molecule has 1 N–H and O–H groups in total. The Balaban J connectivity index is 1.45. The highest BCUT2D eigenvalue weighted by atomic mass is 32.2. The lowest BCUT2D eigenvalue weighted by molar-refractivity contribution is -0.143. The highest BCUT2D eigenvalue weighted by Crippen LogP contribution is 2.47. The Morgan fingerprint density at radius 2 is 1.44 bits per heavy atom. The van der Waals surface area contributed by atoms with Gasteiger partial charge in [0.05, 0.1) is 29.6 Å². The van der Waals surface area contributed by atoms with E-state index in [1.807, 2.05) is 0 Å². The average molecular weight is 659 g/mol. The van der Waals surface area contributed by atoms with Crippen molar-refractivity contribution in [3.63, 3.8) is 0 Å². The molecule has 2 fully saturated rings. The highest BCUT2D eigenvalue weighted by Gasteiger charge is 2.49. The largest absolute Gasteiger partial charge is 0.416 e. The molecule has 5 atom stereocenters. The van der Waals surface area contributed by atoms with Crippen molar-refractivity contribution in [1.82, 2.24) is 4.90 Å². The van der Waals surface area contributed by atoms with Gasteiger partial charge in [-0.2, -0.15) is 26.3 Å². The normalized spacial score (nSPS) is 23.1. The predicted octanol–water partition coefficient (Wildman–Crippen LogP) is 7.25. The fraction of sp³-hybridized carbons (Fsp3) is 0.387. The molecule has 14 heteroatoms. The van der Waals surface area contributed by atoms with E-state index in [-0.39, 0.29) is 36.4 Å². The highest BCUT2D eigenvalue weighted by molar-refractivity contribution is 7.92. The first kappa shape index (κ1) is 32.7. The first-order valence-corrected chi connectivity index (χ1v) is 15.9. The molecule has 5 rings (SSSR count). The molecule has 2 aliphatic heterocycles. The van der Waals surface area contributed by atoms with E-state index in [0.29, 0.717) is 29.8 Å². The van der Waals surface area contributed by atoms with Gasteiger partial charge in [-0.1, -0.05) is 24.3 Å². The lowest BCUT2D eigenvalue weighted by Crippen LogP contribution is -2.43. The topological polar surface area (TPSA) is 75.7 Å². The number of anilines is 1. The van der Waals surface area contributed by atoms with Crippen molar-refractivity contribution >= 4 is 21.6 Å². The molecule has 2 heterocycles. The molecule has 1 amide bonds. The minimum atomic E-state index is -5.03. The van der Waals surface area contributed by atoms with Crippen LogP contribution in [0.2, 0.25) is 0 Å². The first-order chi connectivity index (χ1) is 20.9. The van der Waals surface area contributed by atoms with Gasteiger partial charge in [0.15, 0.2) is 0 Å². The average Bonchev–Trinajstić information content (AvgIpc) is 3.30. The van der Waals surface area contributed by atoms with Crippen LogP contribution < -0.4 is 4.72 Å². The van der Waals surface area contributed by atoms with Gasteiger partial charge in [-0.05, 0) is 78.4 Å². The van der Waals surface area contributed by atoms with Gasteiger partial charge in [0, 0.05) is 30.6 Å². The van der Waals surface area contributed by atoms with Crippen molar-refractivity contribution < 1.29 is 48.7 Å². The molecule has 0 radical (unpaired) electrons. The number of piperidine rings is 1. The second-order valence-corrected chi connectivity index (χ2v) is 13.2. The van der Waals surface area contributed by atoms with E-state index in [0.717, 1.165) is 11.8 Å². The monoisotopic (exact) mass is 658 g/mol. The van der Waals surface area contributed by atoms with Crippen LogP contribution in [-0.4, -0.2) is 44.2 Å². The Morgan fingerprint density at radius 3 is 1.98 bits per heavy atom. The Hall–Kier alpha value is -3.65. The van der Waals surface area contributed by atoms with E-state index < -0.39 is 63.5 Å². The molecule has 6 nitrogen and oxygen atoms in total. The molecule has 0 aromatic heterocycles. The van der Waals surface area contributed by atoms with E-state index in [9.17, 15) is 43.9 Å². The standard InChI is InChI=1S/C31H29F7N2O4S/c1-17(20-11-22(30(33,34)35)15-23(12-20)31(36,37)38)44-27-16-40-26(29(27)19-3-7-24(32)8-4-19)13-21(14-28(40)41)18-5-9-25(10-6-18)39-45(2,42)43/h3-12,15,17,21,26-27,29,39H,13-14,16H2,1-2H3/t17?,21?,26?,27-,29?/m0/s1. The number of amides is 1. The predicted molar refractivity (Wildman–Crippen MR) is 151 cm³/mol. The van der Waals surface area contributed by atoms with Gasteiger partial charge in [0.25, 0.3) is 0 Å². The van der Waals surface area contributed by atoms with E-state index in [4.69, 9.17) is 4.74 Å². The number of rotatable bonds is 7. The molecule has 0 bridgehead atoms. The number of ether oxygens (including phenoxy) is 1. The molecule has 45 heavy (non-hydrogen) atoms. The quantitative estimate of drug-likeness (QED) is 0.272. The summed E-state index contributed by atoms with van der Waals surface area (Å²) in [5.74, 6) is -1.58. The Bertz CT molecular complexity index is 1630. The van der Waals surface area contributed by atoms with Crippen LogP contribution in [-0.2, 0) is 31.9 Å². The van der Waals surface area contributed by atoms with Crippen LogP contribution in [0.3, 0.4) is 0 Å². The minimum Gasteiger partial charge on any atom is -0.368 e. The molecule has 3 aromatic carbocycles. The summed E-state index contributed by atoms with van der Waals surface area (Å²) in [6, 6.07) is 12.9. The van der Waals surface area contributed by atoms with Crippen LogP contribution in [0.15, 0.2) is 66.7 Å². The van der Waals surface area contributed by atoms with Crippen molar-refractivity contribution in [2.75, 3.05) is 17.5 Å². The van der Waals surface area contributed by atoms with E-state index in [2.05, 4.69) is 4.72 Å². The fourth-order valence-electron chi connectivity index (χ4n) is 6.24. The number of carbonyl (C=O) groups is 1. The molecule has 2 saturated heterocycles. The Kier molecular flexibility index (Phi) is 8.68. The van der Waals surface area contributed by atoms with Crippen molar-refractivity contribution in [3.05, 3.63) is 100 Å².